The summed E-state index contributed by atoms with van der Waals surface area (Å²) in [7, 11) is 1.68. The van der Waals surface area contributed by atoms with Crippen LogP contribution in [0.1, 0.15) is 11.6 Å². The summed E-state index contributed by atoms with van der Waals surface area (Å²) in [6.45, 7) is 0.391. The zero-order chi connectivity index (χ0) is 16.9. The molecule has 8 heteroatoms. The highest BCUT2D eigenvalue weighted by atomic mass is 32.2. The molecule has 0 aromatic heterocycles. The van der Waals surface area contributed by atoms with Gasteiger partial charge in [0.15, 0.2) is 0 Å². The molecular formula is C14H22FN3O3S. The number of hydrogen-bond donors (Lipinski definition) is 1. The molecule has 0 heterocycles. The van der Waals surface area contributed by atoms with Gasteiger partial charge < -0.3 is 5.32 Å². The molecule has 0 fully saturated rings. The summed E-state index contributed by atoms with van der Waals surface area (Å²) in [5, 5.41) is 2.70. The lowest BCUT2D eigenvalue weighted by molar-refractivity contribution is -0.125. The molecular weight excluding hydrogens is 309 g/mol. The van der Waals surface area contributed by atoms with Crippen molar-refractivity contribution in [1.82, 2.24) is 14.5 Å². The molecule has 1 atom stereocenters. The molecule has 0 aliphatic carbocycles. The van der Waals surface area contributed by atoms with Gasteiger partial charge in [-0.25, -0.2) is 17.1 Å². The summed E-state index contributed by atoms with van der Waals surface area (Å²) in [5.74, 6) is -0.630. The first-order valence-electron chi connectivity index (χ1n) is 6.74. The van der Waals surface area contributed by atoms with Crippen LogP contribution in [0.15, 0.2) is 24.3 Å². The third kappa shape index (κ3) is 5.36. The van der Waals surface area contributed by atoms with Crippen molar-refractivity contribution in [3.8, 4) is 0 Å². The fourth-order valence-electron chi connectivity index (χ4n) is 1.93. The Labute approximate surface area is 131 Å². The van der Waals surface area contributed by atoms with E-state index in [1.54, 1.807) is 31.1 Å². The van der Waals surface area contributed by atoms with Gasteiger partial charge in [0.1, 0.15) is 11.9 Å². The third-order valence-electron chi connectivity index (χ3n) is 3.24. The highest BCUT2D eigenvalue weighted by Crippen LogP contribution is 2.18. The van der Waals surface area contributed by atoms with Crippen molar-refractivity contribution in [1.29, 1.82) is 0 Å². The summed E-state index contributed by atoms with van der Waals surface area (Å²) in [6.07, 6.45) is 1.11. The smallest absolute Gasteiger partial charge is 0.241 e. The first kappa shape index (κ1) is 18.5. The van der Waals surface area contributed by atoms with Gasteiger partial charge in [0.25, 0.3) is 0 Å². The lowest BCUT2D eigenvalue weighted by Crippen LogP contribution is -2.41. The fourth-order valence-corrected chi connectivity index (χ4v) is 2.35. The van der Waals surface area contributed by atoms with E-state index in [2.05, 4.69) is 5.32 Å². The first-order valence-corrected chi connectivity index (χ1v) is 8.58. The normalized spacial score (nSPS) is 13.4. The zero-order valence-electron chi connectivity index (χ0n) is 13.2. The second-order valence-corrected chi connectivity index (χ2v) is 7.38. The van der Waals surface area contributed by atoms with Crippen LogP contribution in [0.25, 0.3) is 0 Å². The van der Waals surface area contributed by atoms with Crippen molar-refractivity contribution in [3.05, 3.63) is 35.6 Å². The molecule has 0 saturated heterocycles. The standard InChI is InChI=1S/C14H22FN3O3S/c1-17(2)13(11-5-7-12(15)8-6-11)14(19)16-9-10-18(3)22(4,20)21/h5-8,13H,9-10H2,1-4H3,(H,16,19)/t13-/m1/s1. The Bertz CT molecular complexity index is 602. The molecule has 1 rings (SSSR count). The number of rotatable bonds is 7. The van der Waals surface area contributed by atoms with Crippen molar-refractivity contribution >= 4 is 15.9 Å². The highest BCUT2D eigenvalue weighted by Gasteiger charge is 2.23. The second-order valence-electron chi connectivity index (χ2n) is 5.29. The predicted molar refractivity (Wildman–Crippen MR) is 83.3 cm³/mol. The average Bonchev–Trinajstić information content (AvgIpc) is 2.39. The summed E-state index contributed by atoms with van der Waals surface area (Å²) in [4.78, 5) is 14.0. The maximum absolute atomic E-state index is 13.0. The first-order chi connectivity index (χ1) is 10.1. The van der Waals surface area contributed by atoms with E-state index in [1.165, 1.54) is 19.2 Å². The number of amides is 1. The average molecular weight is 331 g/mol. The molecule has 1 N–H and O–H groups in total. The Morgan fingerprint density at radius 2 is 1.77 bits per heavy atom. The maximum atomic E-state index is 13.0. The van der Waals surface area contributed by atoms with Crippen LogP contribution in [0.2, 0.25) is 0 Å². The third-order valence-corrected chi connectivity index (χ3v) is 4.56. The van der Waals surface area contributed by atoms with E-state index in [4.69, 9.17) is 0 Å². The van der Waals surface area contributed by atoms with Crippen molar-refractivity contribution in [2.45, 2.75) is 6.04 Å². The van der Waals surface area contributed by atoms with E-state index in [0.717, 1.165) is 10.6 Å². The van der Waals surface area contributed by atoms with E-state index >= 15 is 0 Å². The van der Waals surface area contributed by atoms with Crippen molar-refractivity contribution < 1.29 is 17.6 Å². The molecule has 0 spiro atoms. The molecule has 22 heavy (non-hydrogen) atoms. The molecule has 1 amide bonds. The van der Waals surface area contributed by atoms with Gasteiger partial charge in [-0.3, -0.25) is 9.69 Å². The van der Waals surface area contributed by atoms with Crippen LogP contribution in [0.3, 0.4) is 0 Å². The zero-order valence-corrected chi connectivity index (χ0v) is 14.0. The Kier molecular flexibility index (Phi) is 6.46. The Balaban J connectivity index is 2.69. The van der Waals surface area contributed by atoms with Crippen LogP contribution >= 0.6 is 0 Å². The van der Waals surface area contributed by atoms with E-state index in [9.17, 15) is 17.6 Å². The Morgan fingerprint density at radius 1 is 1.23 bits per heavy atom. The number of carbonyl (C=O) groups excluding carboxylic acids is 1. The number of benzene rings is 1. The minimum absolute atomic E-state index is 0.189. The number of sulfonamides is 1. The van der Waals surface area contributed by atoms with Gasteiger partial charge in [0.2, 0.25) is 15.9 Å². The molecule has 0 unspecified atom stereocenters. The fraction of sp³-hybridized carbons (Fsp3) is 0.500. The molecule has 124 valence electrons. The number of carbonyl (C=O) groups is 1. The number of likely N-dealkylation sites (N-methyl/N-ethyl adjacent to an activating group) is 2. The molecule has 0 aliphatic rings. The minimum Gasteiger partial charge on any atom is -0.353 e. The van der Waals surface area contributed by atoms with Crippen molar-refractivity contribution in [2.24, 2.45) is 0 Å². The van der Waals surface area contributed by atoms with Crippen molar-refractivity contribution in [2.75, 3.05) is 40.5 Å². The van der Waals surface area contributed by atoms with Gasteiger partial charge in [0, 0.05) is 20.1 Å². The molecule has 0 aliphatic heterocycles. The summed E-state index contributed by atoms with van der Waals surface area (Å²) in [5.41, 5.74) is 0.667. The van der Waals surface area contributed by atoms with E-state index in [1.807, 2.05) is 0 Å². The van der Waals surface area contributed by atoms with Gasteiger partial charge in [-0.2, -0.15) is 0 Å². The number of nitrogens with zero attached hydrogens (tertiary/aromatic N) is 2. The summed E-state index contributed by atoms with van der Waals surface area (Å²) < 4.78 is 36.7. The quantitative estimate of drug-likeness (QED) is 0.787. The second kappa shape index (κ2) is 7.66. The van der Waals surface area contributed by atoms with Crippen LogP contribution < -0.4 is 5.32 Å². The SMILES string of the molecule is CN(C)[C@@H](C(=O)NCCN(C)S(C)(=O)=O)c1ccc(F)cc1. The lowest BCUT2D eigenvalue weighted by Gasteiger charge is -2.24. The monoisotopic (exact) mass is 331 g/mol. The van der Waals surface area contributed by atoms with E-state index < -0.39 is 16.1 Å². The largest absolute Gasteiger partial charge is 0.353 e. The van der Waals surface area contributed by atoms with Crippen LogP contribution in [0, 0.1) is 5.82 Å². The Hall–Kier alpha value is -1.51. The minimum atomic E-state index is -3.26. The van der Waals surface area contributed by atoms with Gasteiger partial charge in [-0.1, -0.05) is 12.1 Å². The lowest BCUT2D eigenvalue weighted by atomic mass is 10.1. The molecule has 0 saturated carbocycles. The van der Waals surface area contributed by atoms with Gasteiger partial charge >= 0.3 is 0 Å². The number of hydrogen-bond acceptors (Lipinski definition) is 4. The van der Waals surface area contributed by atoms with Crippen LogP contribution in [-0.4, -0.2) is 64.0 Å². The van der Waals surface area contributed by atoms with Crippen LogP contribution in [0.5, 0.6) is 0 Å². The molecule has 1 aromatic carbocycles. The summed E-state index contributed by atoms with van der Waals surface area (Å²) >= 11 is 0. The van der Waals surface area contributed by atoms with Gasteiger partial charge in [-0.15, -0.1) is 0 Å². The van der Waals surface area contributed by atoms with Crippen LogP contribution in [-0.2, 0) is 14.8 Å². The molecule has 6 nitrogen and oxygen atoms in total. The van der Waals surface area contributed by atoms with Gasteiger partial charge in [-0.05, 0) is 31.8 Å². The molecule has 1 aromatic rings. The highest BCUT2D eigenvalue weighted by molar-refractivity contribution is 7.88. The predicted octanol–water partition coefficient (Wildman–Crippen LogP) is 0.436. The molecule has 0 radical (unpaired) electrons. The summed E-state index contributed by atoms with van der Waals surface area (Å²) in [6, 6.07) is 5.15. The Morgan fingerprint density at radius 3 is 2.23 bits per heavy atom. The number of nitrogens with one attached hydrogen (secondary N) is 1. The van der Waals surface area contributed by atoms with E-state index in [0.29, 0.717) is 5.56 Å². The van der Waals surface area contributed by atoms with Crippen LogP contribution in [0.4, 0.5) is 4.39 Å². The maximum Gasteiger partial charge on any atom is 0.241 e. The number of halogens is 1. The topological polar surface area (TPSA) is 69.7 Å². The van der Waals surface area contributed by atoms with Crippen molar-refractivity contribution in [3.63, 3.8) is 0 Å². The molecule has 0 bridgehead atoms. The van der Waals surface area contributed by atoms with E-state index in [-0.39, 0.29) is 24.8 Å². The van der Waals surface area contributed by atoms with Gasteiger partial charge in [0.05, 0.1) is 6.26 Å².